The number of unbranched alkanes of at least 4 members (excludes halogenated alkanes) is 5. The van der Waals surface area contributed by atoms with Gasteiger partial charge in [0.05, 0.1) is 12.7 Å². The number of carbonyl (C=O) groups is 1. The van der Waals surface area contributed by atoms with Gasteiger partial charge in [-0.3, -0.25) is 4.79 Å². The summed E-state index contributed by atoms with van der Waals surface area (Å²) in [5.74, 6) is 0. The first-order chi connectivity index (χ1) is 12.2. The monoisotopic (exact) mass is 352 g/mol. The first kappa shape index (κ1) is 23.8. The van der Waals surface area contributed by atoms with E-state index in [2.05, 4.69) is 25.8 Å². The summed E-state index contributed by atoms with van der Waals surface area (Å²) < 4.78 is 5.33. The number of carbonyl (C=O) groups excluding carboxylic acids is 1. The Labute approximate surface area is 156 Å². The molecule has 1 fully saturated rings. The van der Waals surface area contributed by atoms with Gasteiger partial charge in [0.2, 0.25) is 0 Å². The van der Waals surface area contributed by atoms with Crippen LogP contribution in [0.3, 0.4) is 0 Å². The largest absolute Gasteiger partial charge is 0.374 e. The Morgan fingerprint density at radius 1 is 1.16 bits per heavy atom. The number of rotatable bonds is 7. The molecule has 1 atom stereocenters. The zero-order valence-electron chi connectivity index (χ0n) is 16.5. The third kappa shape index (κ3) is 14.8. The Morgan fingerprint density at radius 2 is 1.76 bits per heavy atom. The SMILES string of the molecule is CCCCCCCC.CN1CCOC(CN)C1.O=Cc1ccccc1.[HH]. The van der Waals surface area contributed by atoms with E-state index in [1.165, 1.54) is 38.5 Å². The van der Waals surface area contributed by atoms with Crippen LogP contribution in [0.1, 0.15) is 64.2 Å². The summed E-state index contributed by atoms with van der Waals surface area (Å²) in [6, 6.07) is 9.10. The van der Waals surface area contributed by atoms with Crippen LogP contribution in [-0.2, 0) is 4.74 Å². The minimum atomic E-state index is 0. The fraction of sp³-hybridized carbons (Fsp3) is 0.667. The third-order valence-electron chi connectivity index (χ3n) is 4.00. The van der Waals surface area contributed by atoms with E-state index < -0.39 is 0 Å². The van der Waals surface area contributed by atoms with Crippen LogP contribution in [0.25, 0.3) is 0 Å². The van der Waals surface area contributed by atoms with Crippen molar-refractivity contribution >= 4 is 6.29 Å². The highest BCUT2D eigenvalue weighted by Gasteiger charge is 2.14. The van der Waals surface area contributed by atoms with E-state index in [0.717, 1.165) is 31.5 Å². The Hall–Kier alpha value is -1.23. The summed E-state index contributed by atoms with van der Waals surface area (Å²) in [4.78, 5) is 12.2. The molecule has 0 aromatic heterocycles. The van der Waals surface area contributed by atoms with Gasteiger partial charge < -0.3 is 15.4 Å². The second kappa shape index (κ2) is 17.6. The number of ether oxygens (including phenoxy) is 1. The van der Waals surface area contributed by atoms with Gasteiger partial charge in [-0.2, -0.15) is 0 Å². The van der Waals surface area contributed by atoms with Crippen molar-refractivity contribution in [3.05, 3.63) is 35.9 Å². The van der Waals surface area contributed by atoms with Gasteiger partial charge in [-0.25, -0.2) is 0 Å². The first-order valence-corrected chi connectivity index (χ1v) is 9.68. The molecule has 1 aliphatic rings. The van der Waals surface area contributed by atoms with Crippen LogP contribution in [0.4, 0.5) is 0 Å². The van der Waals surface area contributed by atoms with E-state index in [1.54, 1.807) is 12.1 Å². The van der Waals surface area contributed by atoms with Crippen molar-refractivity contribution in [3.63, 3.8) is 0 Å². The zero-order valence-corrected chi connectivity index (χ0v) is 16.5. The van der Waals surface area contributed by atoms with Crippen molar-refractivity contribution in [1.29, 1.82) is 0 Å². The van der Waals surface area contributed by atoms with E-state index >= 15 is 0 Å². The lowest BCUT2D eigenvalue weighted by Crippen LogP contribution is -2.43. The number of morpholine rings is 1. The highest BCUT2D eigenvalue weighted by Crippen LogP contribution is 2.03. The van der Waals surface area contributed by atoms with Gasteiger partial charge >= 0.3 is 0 Å². The summed E-state index contributed by atoms with van der Waals surface area (Å²) in [5, 5.41) is 0. The predicted molar refractivity (Wildman–Crippen MR) is 109 cm³/mol. The molecular formula is C21H40N2O2. The summed E-state index contributed by atoms with van der Waals surface area (Å²) in [6.45, 7) is 8.01. The molecule has 1 aromatic carbocycles. The van der Waals surface area contributed by atoms with Gasteiger partial charge in [0.15, 0.2) is 0 Å². The lowest BCUT2D eigenvalue weighted by Gasteiger charge is -2.28. The van der Waals surface area contributed by atoms with Gasteiger partial charge in [0, 0.05) is 26.6 Å². The van der Waals surface area contributed by atoms with Crippen molar-refractivity contribution in [2.45, 2.75) is 58.5 Å². The van der Waals surface area contributed by atoms with Crippen molar-refractivity contribution < 1.29 is 11.0 Å². The number of benzene rings is 1. The van der Waals surface area contributed by atoms with Gasteiger partial charge in [0.25, 0.3) is 0 Å². The fourth-order valence-corrected chi connectivity index (χ4v) is 2.39. The van der Waals surface area contributed by atoms with Gasteiger partial charge in [-0.15, -0.1) is 0 Å². The molecular weight excluding hydrogens is 312 g/mol. The maximum absolute atomic E-state index is 10.0. The lowest BCUT2D eigenvalue weighted by atomic mass is 10.1. The molecule has 0 aliphatic carbocycles. The molecule has 25 heavy (non-hydrogen) atoms. The van der Waals surface area contributed by atoms with Crippen LogP contribution >= 0.6 is 0 Å². The smallest absolute Gasteiger partial charge is 0.150 e. The van der Waals surface area contributed by atoms with Crippen LogP contribution in [0, 0.1) is 0 Å². The summed E-state index contributed by atoms with van der Waals surface area (Å²) >= 11 is 0. The van der Waals surface area contributed by atoms with E-state index in [-0.39, 0.29) is 7.53 Å². The summed E-state index contributed by atoms with van der Waals surface area (Å²) in [6.07, 6.45) is 9.59. The molecule has 0 spiro atoms. The second-order valence-electron chi connectivity index (χ2n) is 6.43. The topological polar surface area (TPSA) is 55.6 Å². The molecule has 2 N–H and O–H groups in total. The minimum absolute atomic E-state index is 0. The fourth-order valence-electron chi connectivity index (χ4n) is 2.39. The van der Waals surface area contributed by atoms with E-state index in [0.29, 0.717) is 6.54 Å². The molecule has 4 nitrogen and oxygen atoms in total. The third-order valence-corrected chi connectivity index (χ3v) is 4.00. The molecule has 2 rings (SSSR count). The molecule has 1 aromatic rings. The lowest BCUT2D eigenvalue weighted by molar-refractivity contribution is -0.0138. The molecule has 1 saturated heterocycles. The average molecular weight is 353 g/mol. The predicted octanol–water partition coefficient (Wildman–Crippen LogP) is 4.39. The Balaban J connectivity index is 0. The van der Waals surface area contributed by atoms with E-state index in [9.17, 15) is 4.79 Å². The Kier molecular flexibility index (Phi) is 16.7. The number of nitrogens with zero attached hydrogens (tertiary/aromatic N) is 1. The van der Waals surface area contributed by atoms with Crippen molar-refractivity contribution in [3.8, 4) is 0 Å². The van der Waals surface area contributed by atoms with Crippen molar-refractivity contribution in [2.24, 2.45) is 5.73 Å². The van der Waals surface area contributed by atoms with Gasteiger partial charge in [-0.05, 0) is 7.05 Å². The first-order valence-electron chi connectivity index (χ1n) is 9.68. The Morgan fingerprint density at radius 3 is 2.12 bits per heavy atom. The molecule has 0 saturated carbocycles. The standard InChI is InChI=1S/C8H18.C7H6O.C6H14N2O.H2/c1-3-5-7-8-6-4-2;8-6-7-4-2-1-3-5-7;1-8-2-3-9-6(4-7)5-8;/h3-8H2,1-2H3;1-6H;6H,2-5,7H2,1H3;1H. The quantitative estimate of drug-likeness (QED) is 0.584. The molecule has 146 valence electrons. The second-order valence-corrected chi connectivity index (χ2v) is 6.43. The number of aldehydes is 1. The maximum atomic E-state index is 10.0. The highest BCUT2D eigenvalue weighted by molar-refractivity contribution is 5.74. The Bertz CT molecular complexity index is 398. The molecule has 1 heterocycles. The number of hydrogen-bond donors (Lipinski definition) is 1. The van der Waals surface area contributed by atoms with Crippen LogP contribution in [0.15, 0.2) is 30.3 Å². The minimum Gasteiger partial charge on any atom is -0.374 e. The summed E-state index contributed by atoms with van der Waals surface area (Å²) in [7, 11) is 2.09. The van der Waals surface area contributed by atoms with Crippen LogP contribution in [0.5, 0.6) is 0 Å². The normalized spacial score (nSPS) is 16.9. The average Bonchev–Trinajstić information content (AvgIpc) is 2.67. The van der Waals surface area contributed by atoms with Crippen molar-refractivity contribution in [1.82, 2.24) is 4.90 Å². The zero-order chi connectivity index (χ0) is 18.8. The van der Waals surface area contributed by atoms with E-state index in [1.807, 2.05) is 18.2 Å². The number of nitrogens with two attached hydrogens (primary N) is 1. The van der Waals surface area contributed by atoms with Gasteiger partial charge in [0.1, 0.15) is 6.29 Å². The molecule has 4 heteroatoms. The molecule has 1 unspecified atom stereocenters. The summed E-state index contributed by atoms with van der Waals surface area (Å²) in [5.41, 5.74) is 6.14. The molecule has 1 aliphatic heterocycles. The maximum Gasteiger partial charge on any atom is 0.150 e. The van der Waals surface area contributed by atoms with Crippen LogP contribution in [0.2, 0.25) is 0 Å². The molecule has 0 radical (unpaired) electrons. The van der Waals surface area contributed by atoms with Crippen LogP contribution in [-0.4, -0.2) is 50.6 Å². The van der Waals surface area contributed by atoms with Crippen LogP contribution < -0.4 is 5.73 Å². The van der Waals surface area contributed by atoms with E-state index in [4.69, 9.17) is 10.5 Å². The molecule has 0 amide bonds. The van der Waals surface area contributed by atoms with Gasteiger partial charge in [-0.1, -0.05) is 82.7 Å². The number of hydrogen-bond acceptors (Lipinski definition) is 4. The number of likely N-dealkylation sites (N-methyl/N-ethyl adjacent to an activating group) is 1. The molecule has 0 bridgehead atoms. The highest BCUT2D eigenvalue weighted by atomic mass is 16.5. The van der Waals surface area contributed by atoms with Crippen molar-refractivity contribution in [2.75, 3.05) is 33.3 Å².